The lowest BCUT2D eigenvalue weighted by Gasteiger charge is -2.38. The molecule has 1 saturated heterocycles. The summed E-state index contributed by atoms with van der Waals surface area (Å²) in [6.07, 6.45) is -0.202. The number of nitrogens with zero attached hydrogens (tertiary/aromatic N) is 3. The fraction of sp³-hybridized carbons (Fsp3) is 0.519. The van der Waals surface area contributed by atoms with Gasteiger partial charge in [-0.3, -0.25) is 14.6 Å². The number of carbonyl (C=O) groups is 2. The van der Waals surface area contributed by atoms with Gasteiger partial charge in [0.05, 0.1) is 20.2 Å². The van der Waals surface area contributed by atoms with Gasteiger partial charge in [0.1, 0.15) is 17.7 Å². The summed E-state index contributed by atoms with van der Waals surface area (Å²) in [7, 11) is -0.322. The Bertz CT molecular complexity index is 1150. The van der Waals surface area contributed by atoms with Crippen molar-refractivity contribution in [2.24, 2.45) is 0 Å². The van der Waals surface area contributed by atoms with Crippen LogP contribution in [0.3, 0.4) is 0 Å². The van der Waals surface area contributed by atoms with Gasteiger partial charge in [0, 0.05) is 12.5 Å². The van der Waals surface area contributed by atoms with Crippen molar-refractivity contribution in [2.75, 3.05) is 30.1 Å². The first-order chi connectivity index (χ1) is 17.4. The Balaban J connectivity index is 1.48. The van der Waals surface area contributed by atoms with Crippen LogP contribution in [0.25, 0.3) is 0 Å². The number of carbonyl (C=O) groups excluding carboxylic acids is 2. The minimum Gasteiger partial charge on any atom is -0.497 e. The summed E-state index contributed by atoms with van der Waals surface area (Å²) in [6.45, 7) is 13.7. The number of pyridine rings is 1. The standard InChI is InChI=1S/C27H37N3O6Si/c1-18(36-37(6,7)27(2,3)4)14-21-16-29(26(32)35-21)23-13-12-22-25(28-23)30(24(31)17-34-22)15-19-8-10-20(33-5)11-9-19/h8-13,18,21H,14-17H2,1-7H3/t18-,21?/m1/s1. The van der Waals surface area contributed by atoms with E-state index in [0.29, 0.717) is 36.9 Å². The summed E-state index contributed by atoms with van der Waals surface area (Å²) in [6, 6.07) is 11.0. The van der Waals surface area contributed by atoms with Crippen LogP contribution in [0.5, 0.6) is 11.5 Å². The predicted molar refractivity (Wildman–Crippen MR) is 144 cm³/mol. The Morgan fingerprint density at radius 3 is 2.49 bits per heavy atom. The lowest BCUT2D eigenvalue weighted by molar-refractivity contribution is -0.121. The maximum atomic E-state index is 12.8. The largest absolute Gasteiger partial charge is 0.497 e. The Labute approximate surface area is 219 Å². The normalized spacial score (nSPS) is 18.8. The minimum atomic E-state index is -1.93. The Kier molecular flexibility index (Phi) is 7.52. The molecule has 0 N–H and O–H groups in total. The zero-order valence-corrected chi connectivity index (χ0v) is 23.7. The molecule has 1 aromatic carbocycles. The van der Waals surface area contributed by atoms with E-state index in [1.54, 1.807) is 24.1 Å². The van der Waals surface area contributed by atoms with Crippen LogP contribution < -0.4 is 19.3 Å². The summed E-state index contributed by atoms with van der Waals surface area (Å²) < 4.78 is 23.0. The molecule has 2 aliphatic rings. The third kappa shape index (κ3) is 5.91. The van der Waals surface area contributed by atoms with Crippen molar-refractivity contribution in [3.05, 3.63) is 42.0 Å². The Hall–Kier alpha value is -3.11. The first-order valence-electron chi connectivity index (χ1n) is 12.6. The van der Waals surface area contributed by atoms with Gasteiger partial charge in [0.25, 0.3) is 5.91 Å². The molecular weight excluding hydrogens is 490 g/mol. The summed E-state index contributed by atoms with van der Waals surface area (Å²) >= 11 is 0. The molecule has 2 amide bonds. The Morgan fingerprint density at radius 1 is 1.14 bits per heavy atom. The third-order valence-corrected chi connectivity index (χ3v) is 11.9. The van der Waals surface area contributed by atoms with Gasteiger partial charge in [-0.05, 0) is 54.9 Å². The highest BCUT2D eigenvalue weighted by molar-refractivity contribution is 6.74. The molecule has 1 fully saturated rings. The lowest BCUT2D eigenvalue weighted by atomic mass is 10.2. The molecule has 0 aliphatic carbocycles. The number of rotatable bonds is 8. The van der Waals surface area contributed by atoms with E-state index >= 15 is 0 Å². The van der Waals surface area contributed by atoms with E-state index < -0.39 is 14.4 Å². The van der Waals surface area contributed by atoms with E-state index in [1.165, 1.54) is 4.90 Å². The zero-order chi connectivity index (χ0) is 27.0. The molecular formula is C27H37N3O6Si. The van der Waals surface area contributed by atoms with Crippen LogP contribution in [0.1, 0.15) is 39.7 Å². The van der Waals surface area contributed by atoms with Crippen LogP contribution in [0.2, 0.25) is 18.1 Å². The molecule has 0 saturated carbocycles. The van der Waals surface area contributed by atoms with Crippen molar-refractivity contribution in [3.8, 4) is 11.5 Å². The van der Waals surface area contributed by atoms with Crippen molar-refractivity contribution < 1.29 is 28.2 Å². The molecule has 10 heteroatoms. The molecule has 1 aromatic heterocycles. The zero-order valence-electron chi connectivity index (χ0n) is 22.7. The van der Waals surface area contributed by atoms with Gasteiger partial charge < -0.3 is 18.6 Å². The number of methoxy groups -OCH3 is 1. The molecule has 4 rings (SSSR count). The molecule has 2 aromatic rings. The number of anilines is 2. The van der Waals surface area contributed by atoms with Crippen molar-refractivity contribution in [3.63, 3.8) is 0 Å². The number of cyclic esters (lactones) is 1. The third-order valence-electron chi connectivity index (χ3n) is 7.28. The first kappa shape index (κ1) is 26.9. The Morgan fingerprint density at radius 2 is 1.84 bits per heavy atom. The molecule has 37 heavy (non-hydrogen) atoms. The topological polar surface area (TPSA) is 90.4 Å². The van der Waals surface area contributed by atoms with Gasteiger partial charge in [-0.25, -0.2) is 9.78 Å². The maximum Gasteiger partial charge on any atom is 0.415 e. The summed E-state index contributed by atoms with van der Waals surface area (Å²) in [5, 5.41) is 0.101. The SMILES string of the molecule is COc1ccc(CN2C(=O)COc3ccc(N4CC(C[C@@H](C)O[Si](C)(C)C(C)(C)C)OC4=O)nc32)cc1. The predicted octanol–water partition coefficient (Wildman–Crippen LogP) is 5.14. The molecule has 3 heterocycles. The van der Waals surface area contributed by atoms with Crippen LogP contribution in [0, 0.1) is 0 Å². The van der Waals surface area contributed by atoms with Crippen molar-refractivity contribution in [2.45, 2.75) is 71.0 Å². The second-order valence-corrected chi connectivity index (χ2v) is 15.9. The van der Waals surface area contributed by atoms with Crippen LogP contribution in [0.4, 0.5) is 16.4 Å². The highest BCUT2D eigenvalue weighted by atomic mass is 28.4. The van der Waals surface area contributed by atoms with Gasteiger partial charge in [0.2, 0.25) is 0 Å². The average Bonchev–Trinajstić information content (AvgIpc) is 3.19. The maximum absolute atomic E-state index is 12.8. The van der Waals surface area contributed by atoms with Crippen LogP contribution in [-0.4, -0.2) is 57.8 Å². The van der Waals surface area contributed by atoms with Gasteiger partial charge in [-0.2, -0.15) is 0 Å². The van der Waals surface area contributed by atoms with Gasteiger partial charge >= 0.3 is 6.09 Å². The fourth-order valence-corrected chi connectivity index (χ4v) is 5.68. The lowest BCUT2D eigenvalue weighted by Crippen LogP contribution is -2.44. The second-order valence-electron chi connectivity index (χ2n) is 11.1. The number of fused-ring (bicyclic) bond motifs is 1. The molecule has 2 aliphatic heterocycles. The van der Waals surface area contributed by atoms with E-state index in [1.807, 2.05) is 31.2 Å². The smallest absolute Gasteiger partial charge is 0.415 e. The molecule has 0 radical (unpaired) electrons. The number of amides is 2. The van der Waals surface area contributed by atoms with E-state index in [0.717, 1.165) is 11.3 Å². The molecule has 200 valence electrons. The second kappa shape index (κ2) is 10.3. The van der Waals surface area contributed by atoms with Crippen LogP contribution >= 0.6 is 0 Å². The number of benzene rings is 1. The highest BCUT2D eigenvalue weighted by Gasteiger charge is 2.40. The molecule has 0 bridgehead atoms. The fourth-order valence-electron chi connectivity index (χ4n) is 4.22. The van der Waals surface area contributed by atoms with Crippen molar-refractivity contribution in [1.29, 1.82) is 0 Å². The van der Waals surface area contributed by atoms with Crippen molar-refractivity contribution in [1.82, 2.24) is 4.98 Å². The molecule has 1 unspecified atom stereocenters. The van der Waals surface area contributed by atoms with Crippen molar-refractivity contribution >= 4 is 32.0 Å². The number of aromatic nitrogens is 1. The number of ether oxygens (including phenoxy) is 3. The molecule has 2 atom stereocenters. The number of hydrogen-bond acceptors (Lipinski definition) is 7. The monoisotopic (exact) mass is 527 g/mol. The molecule has 0 spiro atoms. The van der Waals surface area contributed by atoms with Crippen LogP contribution in [0.15, 0.2) is 36.4 Å². The van der Waals surface area contributed by atoms with E-state index in [9.17, 15) is 9.59 Å². The summed E-state index contributed by atoms with van der Waals surface area (Å²) in [5.41, 5.74) is 0.922. The number of hydrogen-bond donors (Lipinski definition) is 0. The first-order valence-corrected chi connectivity index (χ1v) is 15.5. The summed E-state index contributed by atoms with van der Waals surface area (Å²) in [4.78, 5) is 33.3. The quantitative estimate of drug-likeness (QED) is 0.439. The van der Waals surface area contributed by atoms with E-state index in [-0.39, 0.29) is 29.8 Å². The van der Waals surface area contributed by atoms with E-state index in [4.69, 9.17) is 18.6 Å². The average molecular weight is 528 g/mol. The minimum absolute atomic E-state index is 0.0406. The summed E-state index contributed by atoms with van der Waals surface area (Å²) in [5.74, 6) is 1.84. The molecule has 9 nitrogen and oxygen atoms in total. The highest BCUT2D eigenvalue weighted by Crippen LogP contribution is 2.38. The van der Waals surface area contributed by atoms with E-state index in [2.05, 4.69) is 38.8 Å². The van der Waals surface area contributed by atoms with Crippen LogP contribution in [-0.2, 0) is 20.5 Å². The van der Waals surface area contributed by atoms with Gasteiger partial charge in [-0.15, -0.1) is 0 Å². The van der Waals surface area contributed by atoms with Gasteiger partial charge in [-0.1, -0.05) is 32.9 Å². The van der Waals surface area contributed by atoms with Gasteiger partial charge in [0.15, 0.2) is 26.5 Å².